The number of hydrogen-bond acceptors (Lipinski definition) is 5. The SMILES string of the molecule is COCCOc1ncccc1C(=O)NCC(c1cccc(Cl)c1)N1CCCC1. The van der Waals surface area contributed by atoms with Crippen LogP contribution in [0.15, 0.2) is 42.6 Å². The highest BCUT2D eigenvalue weighted by Crippen LogP contribution is 2.26. The Hall–Kier alpha value is -2.15. The normalized spacial score (nSPS) is 15.4. The van der Waals surface area contributed by atoms with Gasteiger partial charge in [0.25, 0.3) is 5.91 Å². The summed E-state index contributed by atoms with van der Waals surface area (Å²) in [5, 5.41) is 3.75. The molecule has 6 nitrogen and oxygen atoms in total. The van der Waals surface area contributed by atoms with Crippen molar-refractivity contribution in [1.82, 2.24) is 15.2 Å². The van der Waals surface area contributed by atoms with Crippen LogP contribution in [-0.4, -0.2) is 55.7 Å². The van der Waals surface area contributed by atoms with Crippen LogP contribution in [0.5, 0.6) is 5.88 Å². The van der Waals surface area contributed by atoms with E-state index in [0.29, 0.717) is 36.2 Å². The molecule has 2 aromatic rings. The highest BCUT2D eigenvalue weighted by molar-refractivity contribution is 6.30. The van der Waals surface area contributed by atoms with E-state index in [2.05, 4.69) is 21.3 Å². The molecule has 1 saturated heterocycles. The van der Waals surface area contributed by atoms with E-state index in [1.54, 1.807) is 25.4 Å². The summed E-state index contributed by atoms with van der Waals surface area (Å²) in [6, 6.07) is 11.4. The molecule has 28 heavy (non-hydrogen) atoms. The van der Waals surface area contributed by atoms with Crippen LogP contribution < -0.4 is 10.1 Å². The van der Waals surface area contributed by atoms with Crippen molar-refractivity contribution in [2.75, 3.05) is 40.0 Å². The summed E-state index contributed by atoms with van der Waals surface area (Å²) in [5.74, 6) is 0.115. The van der Waals surface area contributed by atoms with Crippen molar-refractivity contribution in [3.63, 3.8) is 0 Å². The molecule has 7 heteroatoms. The Morgan fingerprint density at radius 1 is 1.25 bits per heavy atom. The van der Waals surface area contributed by atoms with Crippen molar-refractivity contribution in [2.24, 2.45) is 0 Å². The number of benzene rings is 1. The minimum absolute atomic E-state index is 0.0830. The number of halogens is 1. The number of carbonyl (C=O) groups excluding carboxylic acids is 1. The Bertz CT molecular complexity index is 781. The van der Waals surface area contributed by atoms with E-state index in [9.17, 15) is 4.79 Å². The van der Waals surface area contributed by atoms with E-state index < -0.39 is 0 Å². The van der Waals surface area contributed by atoms with Gasteiger partial charge in [-0.2, -0.15) is 0 Å². The van der Waals surface area contributed by atoms with Gasteiger partial charge in [-0.1, -0.05) is 23.7 Å². The maximum Gasteiger partial charge on any atom is 0.256 e. The smallest absolute Gasteiger partial charge is 0.256 e. The molecule has 0 spiro atoms. The zero-order valence-electron chi connectivity index (χ0n) is 16.1. The lowest BCUT2D eigenvalue weighted by molar-refractivity contribution is 0.0928. The fourth-order valence-electron chi connectivity index (χ4n) is 3.41. The molecule has 1 aliphatic heterocycles. The number of nitrogens with one attached hydrogen (secondary N) is 1. The second kappa shape index (κ2) is 10.4. The first-order valence-corrected chi connectivity index (χ1v) is 9.91. The van der Waals surface area contributed by atoms with Gasteiger partial charge in [-0.15, -0.1) is 0 Å². The van der Waals surface area contributed by atoms with E-state index in [0.717, 1.165) is 18.7 Å². The van der Waals surface area contributed by atoms with Gasteiger partial charge >= 0.3 is 0 Å². The number of nitrogens with zero attached hydrogens (tertiary/aromatic N) is 2. The van der Waals surface area contributed by atoms with Gasteiger partial charge in [0.15, 0.2) is 0 Å². The van der Waals surface area contributed by atoms with Crippen molar-refractivity contribution >= 4 is 17.5 Å². The molecule has 1 N–H and O–H groups in total. The van der Waals surface area contributed by atoms with Crippen molar-refractivity contribution in [3.05, 3.63) is 58.7 Å². The third-order valence-electron chi connectivity index (χ3n) is 4.81. The van der Waals surface area contributed by atoms with Crippen LogP contribution in [0, 0.1) is 0 Å². The van der Waals surface area contributed by atoms with Crippen molar-refractivity contribution < 1.29 is 14.3 Å². The van der Waals surface area contributed by atoms with Crippen LogP contribution in [0.25, 0.3) is 0 Å². The molecule has 150 valence electrons. The third-order valence-corrected chi connectivity index (χ3v) is 5.05. The fourth-order valence-corrected chi connectivity index (χ4v) is 3.61. The summed E-state index contributed by atoms with van der Waals surface area (Å²) in [7, 11) is 1.60. The Morgan fingerprint density at radius 2 is 2.07 bits per heavy atom. The van der Waals surface area contributed by atoms with Gasteiger partial charge in [-0.3, -0.25) is 9.69 Å². The molecule has 1 fully saturated rings. The molecule has 0 saturated carbocycles. The van der Waals surface area contributed by atoms with Crippen LogP contribution in [0.4, 0.5) is 0 Å². The van der Waals surface area contributed by atoms with Gasteiger partial charge in [0, 0.05) is 24.9 Å². The number of pyridine rings is 1. The van der Waals surface area contributed by atoms with Gasteiger partial charge < -0.3 is 14.8 Å². The highest BCUT2D eigenvalue weighted by atomic mass is 35.5. The first-order valence-electron chi connectivity index (χ1n) is 9.53. The number of carbonyl (C=O) groups is 1. The average molecular weight is 404 g/mol. The molecule has 2 heterocycles. The Labute approximate surface area is 170 Å². The summed E-state index contributed by atoms with van der Waals surface area (Å²) in [6.07, 6.45) is 3.95. The zero-order valence-corrected chi connectivity index (χ0v) is 16.8. The maximum atomic E-state index is 12.8. The standard InChI is InChI=1S/C21H26ClN3O3/c1-27-12-13-28-21-18(8-5-9-23-21)20(26)24-15-19(25-10-2-3-11-25)16-6-4-7-17(22)14-16/h4-9,14,19H,2-3,10-13,15H2,1H3,(H,24,26). The molecular weight excluding hydrogens is 378 g/mol. The monoisotopic (exact) mass is 403 g/mol. The first kappa shape index (κ1) is 20.6. The van der Waals surface area contributed by atoms with E-state index in [1.807, 2.05) is 18.2 Å². The molecule has 1 aliphatic rings. The van der Waals surface area contributed by atoms with E-state index in [1.165, 1.54) is 12.8 Å². The highest BCUT2D eigenvalue weighted by Gasteiger charge is 2.25. The van der Waals surface area contributed by atoms with Gasteiger partial charge in [0.2, 0.25) is 5.88 Å². The predicted molar refractivity (Wildman–Crippen MR) is 109 cm³/mol. The topological polar surface area (TPSA) is 63.7 Å². The average Bonchev–Trinajstić information content (AvgIpc) is 3.23. The molecular formula is C21H26ClN3O3. The molecule has 1 aromatic carbocycles. The summed E-state index contributed by atoms with van der Waals surface area (Å²) >= 11 is 6.19. The van der Waals surface area contributed by atoms with Crippen LogP contribution in [0.2, 0.25) is 5.02 Å². The van der Waals surface area contributed by atoms with Crippen molar-refractivity contribution in [1.29, 1.82) is 0 Å². The molecule has 1 atom stereocenters. The number of hydrogen-bond donors (Lipinski definition) is 1. The zero-order chi connectivity index (χ0) is 19.8. The molecule has 0 radical (unpaired) electrons. The molecule has 1 unspecified atom stereocenters. The molecule has 3 rings (SSSR count). The Balaban J connectivity index is 1.70. The number of amides is 1. The lowest BCUT2D eigenvalue weighted by Crippen LogP contribution is -2.37. The number of rotatable bonds is 9. The minimum Gasteiger partial charge on any atom is -0.475 e. The first-order chi connectivity index (χ1) is 13.7. The van der Waals surface area contributed by atoms with E-state index in [4.69, 9.17) is 21.1 Å². The number of ether oxygens (including phenoxy) is 2. The quantitative estimate of drug-likeness (QED) is 0.650. The fraction of sp³-hybridized carbons (Fsp3) is 0.429. The van der Waals surface area contributed by atoms with Crippen LogP contribution in [0.3, 0.4) is 0 Å². The summed E-state index contributed by atoms with van der Waals surface area (Å²) in [6.45, 7) is 3.30. The molecule has 0 bridgehead atoms. The van der Waals surface area contributed by atoms with Crippen LogP contribution in [0.1, 0.15) is 34.8 Å². The number of likely N-dealkylation sites (tertiary alicyclic amines) is 1. The largest absolute Gasteiger partial charge is 0.475 e. The number of methoxy groups -OCH3 is 1. The van der Waals surface area contributed by atoms with Gasteiger partial charge in [-0.05, 0) is 55.8 Å². The van der Waals surface area contributed by atoms with E-state index in [-0.39, 0.29) is 11.9 Å². The van der Waals surface area contributed by atoms with E-state index >= 15 is 0 Å². The van der Waals surface area contributed by atoms with Gasteiger partial charge in [0.05, 0.1) is 12.6 Å². The van der Waals surface area contributed by atoms with Crippen LogP contribution >= 0.6 is 11.6 Å². The molecule has 0 aliphatic carbocycles. The van der Waals surface area contributed by atoms with Crippen molar-refractivity contribution in [2.45, 2.75) is 18.9 Å². The van der Waals surface area contributed by atoms with Gasteiger partial charge in [-0.25, -0.2) is 4.98 Å². The number of aromatic nitrogens is 1. The van der Waals surface area contributed by atoms with Crippen molar-refractivity contribution in [3.8, 4) is 5.88 Å². The lowest BCUT2D eigenvalue weighted by atomic mass is 10.1. The molecule has 1 aromatic heterocycles. The minimum atomic E-state index is -0.202. The summed E-state index contributed by atoms with van der Waals surface area (Å²) in [4.78, 5) is 19.4. The van der Waals surface area contributed by atoms with Crippen LogP contribution in [-0.2, 0) is 4.74 Å². The summed E-state index contributed by atoms with van der Waals surface area (Å²) < 4.78 is 10.6. The second-order valence-corrected chi connectivity index (χ2v) is 7.16. The lowest BCUT2D eigenvalue weighted by Gasteiger charge is -2.28. The second-order valence-electron chi connectivity index (χ2n) is 6.72. The summed E-state index contributed by atoms with van der Waals surface area (Å²) in [5.41, 5.74) is 1.53. The Morgan fingerprint density at radius 3 is 2.82 bits per heavy atom. The predicted octanol–water partition coefficient (Wildman–Crippen LogP) is 3.33. The maximum absolute atomic E-state index is 12.8. The molecule has 1 amide bonds. The third kappa shape index (κ3) is 5.44. The Kier molecular flexibility index (Phi) is 7.65. The van der Waals surface area contributed by atoms with Gasteiger partial charge in [0.1, 0.15) is 12.2 Å².